The summed E-state index contributed by atoms with van der Waals surface area (Å²) in [4.78, 5) is 15.1. The van der Waals surface area contributed by atoms with Crippen LogP contribution >= 0.6 is 0 Å². The summed E-state index contributed by atoms with van der Waals surface area (Å²) in [5.41, 5.74) is 2.11. The van der Waals surface area contributed by atoms with Crippen molar-refractivity contribution in [2.45, 2.75) is 6.61 Å². The average Bonchev–Trinajstić information content (AvgIpc) is 3.09. The minimum atomic E-state index is 0.266. The maximum absolute atomic E-state index is 10.7. The fourth-order valence-corrected chi connectivity index (χ4v) is 2.07. The van der Waals surface area contributed by atoms with Crippen molar-refractivity contribution in [1.82, 2.24) is 4.98 Å². The summed E-state index contributed by atoms with van der Waals surface area (Å²) in [7, 11) is 1.62. The molecule has 0 bridgehead atoms. The number of nitrogens with zero attached hydrogens (tertiary/aromatic N) is 1. The number of hydrogen-bond acceptors (Lipinski definition) is 5. The molecule has 0 saturated heterocycles. The van der Waals surface area contributed by atoms with E-state index in [-0.39, 0.29) is 6.61 Å². The third-order valence-electron chi connectivity index (χ3n) is 3.27. The minimum Gasteiger partial charge on any atom is -0.497 e. The molecule has 23 heavy (non-hydrogen) atoms. The van der Waals surface area contributed by atoms with Crippen LogP contribution in [0.5, 0.6) is 11.5 Å². The predicted octanol–water partition coefficient (Wildman–Crippen LogP) is 3.74. The highest BCUT2D eigenvalue weighted by Crippen LogP contribution is 2.22. The third kappa shape index (κ3) is 3.58. The summed E-state index contributed by atoms with van der Waals surface area (Å²) >= 11 is 0. The molecule has 0 saturated carbocycles. The number of rotatable bonds is 6. The first-order chi connectivity index (χ1) is 11.3. The van der Waals surface area contributed by atoms with E-state index < -0.39 is 0 Å². The number of carbonyl (C=O) groups is 1. The van der Waals surface area contributed by atoms with E-state index in [1.165, 1.54) is 0 Å². The van der Waals surface area contributed by atoms with Crippen LogP contribution < -0.4 is 9.47 Å². The molecule has 0 aliphatic heterocycles. The summed E-state index contributed by atoms with van der Waals surface area (Å²) in [6, 6.07) is 14.4. The lowest BCUT2D eigenvalue weighted by molar-refractivity contribution is 0.112. The highest BCUT2D eigenvalue weighted by Gasteiger charge is 2.08. The Morgan fingerprint density at radius 2 is 1.96 bits per heavy atom. The van der Waals surface area contributed by atoms with E-state index in [0.717, 1.165) is 17.6 Å². The van der Waals surface area contributed by atoms with Crippen LogP contribution in [0.3, 0.4) is 0 Å². The van der Waals surface area contributed by atoms with Crippen LogP contribution in [0.2, 0.25) is 0 Å². The first kappa shape index (κ1) is 14.8. The Balaban J connectivity index is 1.67. The van der Waals surface area contributed by atoms with Crippen molar-refractivity contribution in [3.8, 4) is 23.0 Å². The quantitative estimate of drug-likeness (QED) is 0.649. The number of aromatic nitrogens is 1. The summed E-state index contributed by atoms with van der Waals surface area (Å²) < 4.78 is 16.2. The topological polar surface area (TPSA) is 61.6 Å². The van der Waals surface area contributed by atoms with Crippen LogP contribution in [0.25, 0.3) is 11.5 Å². The molecule has 0 atom stereocenters. The van der Waals surface area contributed by atoms with E-state index in [2.05, 4.69) is 4.98 Å². The van der Waals surface area contributed by atoms with Crippen LogP contribution in [0.4, 0.5) is 0 Å². The molecule has 5 nitrogen and oxygen atoms in total. The number of carbonyl (C=O) groups excluding carboxylic acids is 1. The molecule has 0 fully saturated rings. The van der Waals surface area contributed by atoms with E-state index in [0.29, 0.717) is 22.9 Å². The van der Waals surface area contributed by atoms with Crippen LogP contribution in [0, 0.1) is 0 Å². The monoisotopic (exact) mass is 309 g/mol. The number of oxazole rings is 1. The van der Waals surface area contributed by atoms with Crippen LogP contribution in [0.1, 0.15) is 16.1 Å². The Kier molecular flexibility index (Phi) is 4.38. The van der Waals surface area contributed by atoms with Gasteiger partial charge in [-0.15, -0.1) is 0 Å². The molecule has 0 spiro atoms. The second kappa shape index (κ2) is 6.79. The largest absolute Gasteiger partial charge is 0.497 e. The molecule has 0 unspecified atom stereocenters. The first-order valence-corrected chi connectivity index (χ1v) is 7.05. The van der Waals surface area contributed by atoms with E-state index in [9.17, 15) is 4.79 Å². The highest BCUT2D eigenvalue weighted by molar-refractivity contribution is 5.75. The molecular formula is C18H15NO4. The minimum absolute atomic E-state index is 0.266. The van der Waals surface area contributed by atoms with Gasteiger partial charge in [0.25, 0.3) is 0 Å². The maximum atomic E-state index is 10.7. The van der Waals surface area contributed by atoms with E-state index in [1.54, 1.807) is 37.6 Å². The Bertz CT molecular complexity index is 793. The van der Waals surface area contributed by atoms with Gasteiger partial charge in [0.1, 0.15) is 36.3 Å². The molecule has 1 heterocycles. The Labute approximate surface area is 133 Å². The molecule has 5 heteroatoms. The van der Waals surface area contributed by atoms with Gasteiger partial charge in [0.05, 0.1) is 7.11 Å². The van der Waals surface area contributed by atoms with Gasteiger partial charge in [-0.1, -0.05) is 12.1 Å². The fraction of sp³-hybridized carbons (Fsp3) is 0.111. The molecule has 0 radical (unpaired) electrons. The van der Waals surface area contributed by atoms with Gasteiger partial charge in [0.15, 0.2) is 0 Å². The van der Waals surface area contributed by atoms with Crippen LogP contribution in [-0.2, 0) is 6.61 Å². The lowest BCUT2D eigenvalue weighted by atomic mass is 10.2. The van der Waals surface area contributed by atoms with Gasteiger partial charge in [0.2, 0.25) is 5.89 Å². The molecule has 0 aliphatic rings. The lowest BCUT2D eigenvalue weighted by Crippen LogP contribution is -1.96. The Hall–Kier alpha value is -3.08. The zero-order valence-electron chi connectivity index (χ0n) is 12.6. The second-order valence-corrected chi connectivity index (χ2v) is 4.85. The van der Waals surface area contributed by atoms with Crippen molar-refractivity contribution >= 4 is 6.29 Å². The van der Waals surface area contributed by atoms with Crippen molar-refractivity contribution in [3.05, 3.63) is 66.1 Å². The molecule has 3 aromatic rings. The van der Waals surface area contributed by atoms with E-state index >= 15 is 0 Å². The third-order valence-corrected chi connectivity index (χ3v) is 3.27. The molecule has 3 rings (SSSR count). The zero-order chi connectivity index (χ0) is 16.1. The second-order valence-electron chi connectivity index (χ2n) is 4.85. The first-order valence-electron chi connectivity index (χ1n) is 7.05. The summed E-state index contributed by atoms with van der Waals surface area (Å²) in [5.74, 6) is 1.91. The molecule has 2 aromatic carbocycles. The molecule has 1 aromatic heterocycles. The standard InChI is InChI=1S/C18H15NO4/c1-21-16-7-5-14(6-8-16)18-19-15(12-23-18)11-22-17-4-2-3-13(9-17)10-20/h2-10,12H,11H2,1H3. The van der Waals surface area contributed by atoms with Crippen molar-refractivity contribution in [1.29, 1.82) is 0 Å². The zero-order valence-corrected chi connectivity index (χ0v) is 12.6. The molecular weight excluding hydrogens is 294 g/mol. The summed E-state index contributed by atoms with van der Waals surface area (Å²) in [5, 5.41) is 0. The lowest BCUT2D eigenvalue weighted by Gasteiger charge is -2.03. The van der Waals surface area contributed by atoms with E-state index in [4.69, 9.17) is 13.9 Å². The normalized spacial score (nSPS) is 10.3. The van der Waals surface area contributed by atoms with Crippen molar-refractivity contribution in [2.24, 2.45) is 0 Å². The number of benzene rings is 2. The highest BCUT2D eigenvalue weighted by atomic mass is 16.5. The number of methoxy groups -OCH3 is 1. The Morgan fingerprint density at radius 3 is 2.70 bits per heavy atom. The van der Waals surface area contributed by atoms with Crippen molar-refractivity contribution in [3.63, 3.8) is 0 Å². The number of hydrogen-bond donors (Lipinski definition) is 0. The summed E-state index contributed by atoms with van der Waals surface area (Å²) in [6.45, 7) is 0.266. The molecule has 0 aliphatic carbocycles. The molecule has 0 amide bonds. The van der Waals surface area contributed by atoms with Gasteiger partial charge < -0.3 is 13.9 Å². The molecule has 116 valence electrons. The van der Waals surface area contributed by atoms with Gasteiger partial charge in [-0.05, 0) is 36.4 Å². The van der Waals surface area contributed by atoms with E-state index in [1.807, 2.05) is 24.3 Å². The van der Waals surface area contributed by atoms with Crippen molar-refractivity contribution < 1.29 is 18.7 Å². The van der Waals surface area contributed by atoms with Crippen molar-refractivity contribution in [2.75, 3.05) is 7.11 Å². The fourth-order valence-electron chi connectivity index (χ4n) is 2.07. The van der Waals surface area contributed by atoms with Gasteiger partial charge in [-0.3, -0.25) is 4.79 Å². The molecule has 0 N–H and O–H groups in total. The van der Waals surface area contributed by atoms with Gasteiger partial charge in [-0.2, -0.15) is 0 Å². The Morgan fingerprint density at radius 1 is 1.13 bits per heavy atom. The predicted molar refractivity (Wildman–Crippen MR) is 84.7 cm³/mol. The average molecular weight is 309 g/mol. The van der Waals surface area contributed by atoms with Crippen LogP contribution in [0.15, 0.2) is 59.2 Å². The number of aldehydes is 1. The van der Waals surface area contributed by atoms with Gasteiger partial charge in [-0.25, -0.2) is 4.98 Å². The smallest absolute Gasteiger partial charge is 0.226 e. The summed E-state index contributed by atoms with van der Waals surface area (Å²) in [6.07, 6.45) is 2.34. The van der Waals surface area contributed by atoms with Gasteiger partial charge in [0, 0.05) is 11.1 Å². The van der Waals surface area contributed by atoms with Crippen LogP contribution in [-0.4, -0.2) is 18.4 Å². The maximum Gasteiger partial charge on any atom is 0.226 e. The number of ether oxygens (including phenoxy) is 2. The van der Waals surface area contributed by atoms with Gasteiger partial charge >= 0.3 is 0 Å². The SMILES string of the molecule is COc1ccc(-c2nc(COc3cccc(C=O)c3)co2)cc1.